The average molecular weight is 567 g/mol. The fraction of sp³-hybridized carbons (Fsp3) is 0.867. The van der Waals surface area contributed by atoms with E-state index in [4.69, 9.17) is 28.0 Å². The first kappa shape index (κ1) is 29.2. The highest BCUT2D eigenvalue weighted by molar-refractivity contribution is 7.26. The molecule has 5 aliphatic rings. The van der Waals surface area contributed by atoms with Crippen molar-refractivity contribution in [2.75, 3.05) is 6.61 Å². The molecule has 9 atom stereocenters. The lowest BCUT2D eigenvalue weighted by Crippen LogP contribution is -2.58. The monoisotopic (exact) mass is 566 g/mol. The second kappa shape index (κ2) is 9.92. The van der Waals surface area contributed by atoms with Crippen molar-refractivity contribution in [3.63, 3.8) is 0 Å². The third-order valence-corrected chi connectivity index (χ3v) is 16.0. The molecule has 38 heavy (non-hydrogen) atoms. The van der Waals surface area contributed by atoms with Crippen molar-refractivity contribution < 1.29 is 28.0 Å². The van der Waals surface area contributed by atoms with Gasteiger partial charge in [-0.15, -0.1) is 0 Å². The van der Waals surface area contributed by atoms with Crippen molar-refractivity contribution in [1.82, 2.24) is 0 Å². The molecule has 0 N–H and O–H groups in total. The Morgan fingerprint density at radius 2 is 1.79 bits per heavy atom. The summed E-state index contributed by atoms with van der Waals surface area (Å²) in [6, 6.07) is 0. The number of rotatable bonds is 7. The first-order valence-electron chi connectivity index (χ1n) is 14.8. The van der Waals surface area contributed by atoms with Crippen molar-refractivity contribution >= 4 is 17.4 Å². The molecule has 1 heterocycles. The van der Waals surface area contributed by atoms with Gasteiger partial charge < -0.3 is 18.4 Å². The Balaban J connectivity index is 1.47. The summed E-state index contributed by atoms with van der Waals surface area (Å²) < 4.78 is 31.9. The van der Waals surface area contributed by atoms with E-state index in [1.54, 1.807) is 5.57 Å². The topological polar surface area (TPSA) is 55.4 Å². The highest BCUT2D eigenvalue weighted by atomic mass is 31.1. The second-order valence-electron chi connectivity index (χ2n) is 14.8. The van der Waals surface area contributed by atoms with Crippen LogP contribution in [-0.4, -0.2) is 39.0 Å². The minimum absolute atomic E-state index is 0.00917. The molecule has 7 unspecified atom stereocenters. The fourth-order valence-electron chi connectivity index (χ4n) is 7.95. The van der Waals surface area contributed by atoms with Gasteiger partial charge in [-0.25, -0.2) is 4.89 Å². The van der Waals surface area contributed by atoms with Crippen LogP contribution < -0.4 is 0 Å². The quantitative estimate of drug-likeness (QED) is 0.0776. The SMILES string of the molecule is CCOOPOC1=CC2C3OC(C)(C)OC3C3C(=CC[C@]4(C)C(O[Si](C)(C)C(C)(C)C)CCC34)[C@@]2(C)CC1. The molecule has 216 valence electrons. The lowest BCUT2D eigenvalue weighted by molar-refractivity contribution is -0.197. The van der Waals surface area contributed by atoms with Gasteiger partial charge in [0.15, 0.2) is 14.1 Å². The average Bonchev–Trinajstić information content (AvgIpc) is 3.31. The third kappa shape index (κ3) is 4.80. The van der Waals surface area contributed by atoms with E-state index in [-0.39, 0.29) is 43.0 Å². The molecule has 3 fully saturated rings. The zero-order valence-corrected chi connectivity index (χ0v) is 27.3. The van der Waals surface area contributed by atoms with Gasteiger partial charge in [-0.05, 0) is 87.4 Å². The van der Waals surface area contributed by atoms with Crippen LogP contribution in [0.3, 0.4) is 0 Å². The van der Waals surface area contributed by atoms with Gasteiger partial charge in [0.1, 0.15) is 0 Å². The van der Waals surface area contributed by atoms with Crippen molar-refractivity contribution in [1.29, 1.82) is 0 Å². The molecule has 0 aromatic rings. The molecular formula is C30H51O6PSi. The van der Waals surface area contributed by atoms with Crippen molar-refractivity contribution in [2.45, 2.75) is 130 Å². The highest BCUT2D eigenvalue weighted by Crippen LogP contribution is 2.67. The maximum Gasteiger partial charge on any atom is 0.249 e. The molecule has 0 radical (unpaired) electrons. The van der Waals surface area contributed by atoms with Crippen LogP contribution in [0.5, 0.6) is 0 Å². The van der Waals surface area contributed by atoms with Crippen LogP contribution in [0.4, 0.5) is 0 Å². The van der Waals surface area contributed by atoms with Gasteiger partial charge in [0.05, 0.1) is 30.7 Å². The molecule has 0 spiro atoms. The zero-order chi connectivity index (χ0) is 27.7. The Kier molecular flexibility index (Phi) is 7.63. The van der Waals surface area contributed by atoms with Gasteiger partial charge in [0.25, 0.3) is 0 Å². The molecule has 5 rings (SSSR count). The molecular weight excluding hydrogens is 515 g/mol. The fourth-order valence-corrected chi connectivity index (χ4v) is 9.88. The molecule has 1 aliphatic heterocycles. The largest absolute Gasteiger partial charge is 0.452 e. The van der Waals surface area contributed by atoms with Crippen molar-refractivity contribution in [3.05, 3.63) is 23.5 Å². The Bertz CT molecular complexity index is 972. The van der Waals surface area contributed by atoms with E-state index in [0.29, 0.717) is 24.5 Å². The van der Waals surface area contributed by atoms with Crippen LogP contribution in [0, 0.1) is 28.6 Å². The molecule has 0 aromatic heterocycles. The molecule has 2 saturated carbocycles. The highest BCUT2D eigenvalue weighted by Gasteiger charge is 2.66. The Morgan fingerprint density at radius 1 is 1.08 bits per heavy atom. The minimum atomic E-state index is -1.87. The van der Waals surface area contributed by atoms with Crippen LogP contribution in [0.2, 0.25) is 18.1 Å². The van der Waals surface area contributed by atoms with Crippen molar-refractivity contribution in [3.8, 4) is 0 Å². The molecule has 0 amide bonds. The van der Waals surface area contributed by atoms with Crippen LogP contribution in [-0.2, 0) is 28.0 Å². The van der Waals surface area contributed by atoms with E-state index in [9.17, 15) is 0 Å². The van der Waals surface area contributed by atoms with Gasteiger partial charge in [0.2, 0.25) is 9.03 Å². The van der Waals surface area contributed by atoms with Crippen LogP contribution >= 0.6 is 9.03 Å². The summed E-state index contributed by atoms with van der Waals surface area (Å²) in [4.78, 5) is 5.02. The summed E-state index contributed by atoms with van der Waals surface area (Å²) in [5.74, 6) is 1.52. The molecule has 0 aromatic carbocycles. The van der Waals surface area contributed by atoms with E-state index < -0.39 is 14.1 Å². The van der Waals surface area contributed by atoms with E-state index in [0.717, 1.165) is 31.4 Å². The molecule has 6 nitrogen and oxygen atoms in total. The van der Waals surface area contributed by atoms with E-state index in [1.807, 2.05) is 6.92 Å². The summed E-state index contributed by atoms with van der Waals surface area (Å²) in [6.07, 6.45) is 10.7. The van der Waals surface area contributed by atoms with Gasteiger partial charge in [0, 0.05) is 18.3 Å². The Hall–Kier alpha value is -0.273. The van der Waals surface area contributed by atoms with Gasteiger partial charge in [-0.2, -0.15) is 4.67 Å². The smallest absolute Gasteiger partial charge is 0.249 e. The standard InChI is InChI=1S/C30H51O6PSi/c1-11-31-36-37-34-19-14-16-29(7)21-15-17-30(8)20(12-13-23(30)35-38(9,10)27(2,3)4)24(21)26-25(22(29)18-19)32-28(5,6)33-26/h15,18,20,22-26,37H,11-14,16-17H2,1-10H3/t20?,22?,23?,24?,25?,26?,29-,30+/m1/s1. The first-order valence-corrected chi connectivity index (χ1v) is 18.5. The predicted octanol–water partition coefficient (Wildman–Crippen LogP) is 8.07. The molecule has 4 aliphatic carbocycles. The van der Waals surface area contributed by atoms with Crippen LogP contribution in [0.15, 0.2) is 23.5 Å². The zero-order valence-electron chi connectivity index (χ0n) is 25.3. The first-order chi connectivity index (χ1) is 17.6. The Labute approximate surface area is 233 Å². The van der Waals surface area contributed by atoms with E-state index >= 15 is 0 Å². The number of ether oxygens (including phenoxy) is 2. The molecule has 8 heteroatoms. The third-order valence-electron chi connectivity index (χ3n) is 11.0. The van der Waals surface area contributed by atoms with Crippen molar-refractivity contribution in [2.24, 2.45) is 28.6 Å². The van der Waals surface area contributed by atoms with E-state index in [2.05, 4.69) is 73.7 Å². The number of fused-ring (bicyclic) bond motifs is 8. The maximum atomic E-state index is 7.16. The van der Waals surface area contributed by atoms with Crippen LogP contribution in [0.25, 0.3) is 0 Å². The molecule has 1 saturated heterocycles. The lowest BCUT2D eigenvalue weighted by Gasteiger charge is -2.58. The Morgan fingerprint density at radius 3 is 2.47 bits per heavy atom. The second-order valence-corrected chi connectivity index (χ2v) is 20.1. The summed E-state index contributed by atoms with van der Waals surface area (Å²) in [5.41, 5.74) is 1.76. The maximum absolute atomic E-state index is 7.16. The summed E-state index contributed by atoms with van der Waals surface area (Å²) in [7, 11) is -2.02. The normalized spacial score (nSPS) is 42.3. The minimum Gasteiger partial charge on any atom is -0.452 e. The van der Waals surface area contributed by atoms with Gasteiger partial charge in [-0.1, -0.05) is 46.3 Å². The van der Waals surface area contributed by atoms with Gasteiger partial charge >= 0.3 is 0 Å². The number of allylic oxidation sites excluding steroid dienone is 2. The number of hydrogen-bond acceptors (Lipinski definition) is 6. The summed E-state index contributed by atoms with van der Waals surface area (Å²) >= 11 is 0. The van der Waals surface area contributed by atoms with Crippen LogP contribution in [0.1, 0.15) is 87.5 Å². The van der Waals surface area contributed by atoms with Gasteiger partial charge in [-0.3, -0.25) is 0 Å². The number of hydrogen-bond donors (Lipinski definition) is 0. The summed E-state index contributed by atoms with van der Waals surface area (Å²) in [5, 5.41) is 0.211. The summed E-state index contributed by atoms with van der Waals surface area (Å²) in [6.45, 7) is 23.4. The molecule has 0 bridgehead atoms. The van der Waals surface area contributed by atoms with E-state index in [1.165, 1.54) is 6.42 Å². The predicted molar refractivity (Wildman–Crippen MR) is 154 cm³/mol. The lowest BCUT2D eigenvalue weighted by atomic mass is 9.48.